The second-order valence-corrected chi connectivity index (χ2v) is 4.81. The van der Waals surface area contributed by atoms with E-state index in [1.54, 1.807) is 30.3 Å². The van der Waals surface area contributed by atoms with Crippen LogP contribution in [-0.2, 0) is 0 Å². The van der Waals surface area contributed by atoms with E-state index in [0.29, 0.717) is 11.4 Å². The molecule has 0 heterocycles. The van der Waals surface area contributed by atoms with Crippen molar-refractivity contribution in [3.63, 3.8) is 0 Å². The van der Waals surface area contributed by atoms with Crippen LogP contribution in [0.15, 0.2) is 53.0 Å². The Morgan fingerprint density at radius 3 is 2.35 bits per heavy atom. The maximum absolute atomic E-state index is 11.7. The van der Waals surface area contributed by atoms with Gasteiger partial charge < -0.3 is 10.6 Å². The van der Waals surface area contributed by atoms with Gasteiger partial charge in [0.2, 0.25) is 0 Å². The number of non-ortho nitro benzene ring substituents is 1. The fraction of sp³-hybridized carbons (Fsp3) is 0. The predicted molar refractivity (Wildman–Crippen MR) is 79.9 cm³/mol. The van der Waals surface area contributed by atoms with Crippen LogP contribution < -0.4 is 10.6 Å². The van der Waals surface area contributed by atoms with Gasteiger partial charge in [0, 0.05) is 28.0 Å². The lowest BCUT2D eigenvalue weighted by Crippen LogP contribution is -2.19. The zero-order chi connectivity index (χ0) is 14.5. The molecule has 0 radical (unpaired) electrons. The molecule has 0 saturated carbocycles. The standard InChI is InChI=1S/C13H10BrN3O3/c14-9-4-6-10(7-5-9)15-13(18)16-11-2-1-3-12(8-11)17(19)20/h1-8H,(H2,15,16,18). The third-order valence-electron chi connectivity index (χ3n) is 2.42. The Balaban J connectivity index is 2.02. The Hall–Kier alpha value is -2.41. The molecule has 2 rings (SSSR count). The summed E-state index contributed by atoms with van der Waals surface area (Å²) in [5.74, 6) is 0. The summed E-state index contributed by atoms with van der Waals surface area (Å²) in [4.78, 5) is 21.9. The summed E-state index contributed by atoms with van der Waals surface area (Å²) >= 11 is 3.29. The molecule has 0 aliphatic heterocycles. The van der Waals surface area contributed by atoms with Crippen molar-refractivity contribution in [3.8, 4) is 0 Å². The van der Waals surface area contributed by atoms with Crippen LogP contribution in [0.25, 0.3) is 0 Å². The van der Waals surface area contributed by atoms with Gasteiger partial charge in [-0.3, -0.25) is 10.1 Å². The summed E-state index contributed by atoms with van der Waals surface area (Å²) in [5.41, 5.74) is 0.899. The zero-order valence-corrected chi connectivity index (χ0v) is 11.8. The van der Waals surface area contributed by atoms with Crippen LogP contribution in [0.5, 0.6) is 0 Å². The molecule has 2 aromatic carbocycles. The van der Waals surface area contributed by atoms with Gasteiger partial charge in [-0.05, 0) is 30.3 Å². The monoisotopic (exact) mass is 335 g/mol. The molecule has 7 heteroatoms. The van der Waals surface area contributed by atoms with Gasteiger partial charge in [0.05, 0.1) is 4.92 Å². The number of urea groups is 1. The first-order valence-corrected chi connectivity index (χ1v) is 6.42. The van der Waals surface area contributed by atoms with Crippen LogP contribution in [0.1, 0.15) is 0 Å². The number of carbonyl (C=O) groups is 1. The molecule has 0 aromatic heterocycles. The highest BCUT2D eigenvalue weighted by Crippen LogP contribution is 2.18. The summed E-state index contributed by atoms with van der Waals surface area (Å²) in [5, 5.41) is 15.8. The van der Waals surface area contributed by atoms with E-state index in [2.05, 4.69) is 26.6 Å². The lowest BCUT2D eigenvalue weighted by atomic mass is 10.3. The first-order chi connectivity index (χ1) is 9.54. The highest BCUT2D eigenvalue weighted by molar-refractivity contribution is 9.10. The Bertz CT molecular complexity index is 644. The van der Waals surface area contributed by atoms with E-state index in [9.17, 15) is 14.9 Å². The fourth-order valence-corrected chi connectivity index (χ4v) is 1.79. The molecule has 0 spiro atoms. The normalized spacial score (nSPS) is 9.85. The van der Waals surface area contributed by atoms with Gasteiger partial charge in [0.15, 0.2) is 0 Å². The van der Waals surface area contributed by atoms with Crippen molar-refractivity contribution in [2.24, 2.45) is 0 Å². The third-order valence-corrected chi connectivity index (χ3v) is 2.95. The molecule has 20 heavy (non-hydrogen) atoms. The van der Waals surface area contributed by atoms with Gasteiger partial charge in [-0.1, -0.05) is 22.0 Å². The molecule has 0 saturated heterocycles. The van der Waals surface area contributed by atoms with Gasteiger partial charge in [0.25, 0.3) is 5.69 Å². The van der Waals surface area contributed by atoms with Crippen molar-refractivity contribution in [2.75, 3.05) is 10.6 Å². The molecule has 6 nitrogen and oxygen atoms in total. The van der Waals surface area contributed by atoms with Gasteiger partial charge in [-0.15, -0.1) is 0 Å². The van der Waals surface area contributed by atoms with E-state index >= 15 is 0 Å². The van der Waals surface area contributed by atoms with Crippen molar-refractivity contribution >= 4 is 39.0 Å². The van der Waals surface area contributed by atoms with Crippen LogP contribution in [0.3, 0.4) is 0 Å². The van der Waals surface area contributed by atoms with Crippen molar-refractivity contribution in [3.05, 3.63) is 63.1 Å². The smallest absolute Gasteiger partial charge is 0.308 e. The number of anilines is 2. The topological polar surface area (TPSA) is 84.3 Å². The summed E-state index contributed by atoms with van der Waals surface area (Å²) in [6.07, 6.45) is 0. The Kier molecular flexibility index (Phi) is 4.31. The van der Waals surface area contributed by atoms with Crippen molar-refractivity contribution in [1.82, 2.24) is 0 Å². The number of carbonyl (C=O) groups excluding carboxylic acids is 1. The molecule has 0 bridgehead atoms. The highest BCUT2D eigenvalue weighted by Gasteiger charge is 2.08. The Morgan fingerprint density at radius 2 is 1.70 bits per heavy atom. The van der Waals surface area contributed by atoms with Gasteiger partial charge in [-0.25, -0.2) is 4.79 Å². The Labute approximate surface area is 123 Å². The van der Waals surface area contributed by atoms with Crippen LogP contribution in [-0.4, -0.2) is 11.0 Å². The molecular formula is C13H10BrN3O3. The summed E-state index contributed by atoms with van der Waals surface area (Å²) in [7, 11) is 0. The number of hydrogen-bond donors (Lipinski definition) is 2. The molecule has 0 aliphatic rings. The minimum atomic E-state index is -0.516. The van der Waals surface area contributed by atoms with E-state index in [4.69, 9.17) is 0 Å². The van der Waals surface area contributed by atoms with Crippen molar-refractivity contribution in [2.45, 2.75) is 0 Å². The SMILES string of the molecule is O=C(Nc1ccc(Br)cc1)Nc1cccc([N+](=O)[O-])c1. The average Bonchev–Trinajstić information content (AvgIpc) is 2.41. The molecule has 0 unspecified atom stereocenters. The van der Waals surface area contributed by atoms with Crippen LogP contribution in [0, 0.1) is 10.1 Å². The number of hydrogen-bond acceptors (Lipinski definition) is 3. The number of benzene rings is 2. The Morgan fingerprint density at radius 1 is 1.05 bits per heavy atom. The van der Waals surface area contributed by atoms with Gasteiger partial charge in [0.1, 0.15) is 0 Å². The van der Waals surface area contributed by atoms with E-state index < -0.39 is 11.0 Å². The number of nitrogens with one attached hydrogen (secondary N) is 2. The van der Waals surface area contributed by atoms with Crippen molar-refractivity contribution in [1.29, 1.82) is 0 Å². The predicted octanol–water partition coefficient (Wildman–Crippen LogP) is 4.00. The summed E-state index contributed by atoms with van der Waals surface area (Å²) in [6, 6.07) is 12.3. The molecule has 2 N–H and O–H groups in total. The molecule has 2 aromatic rings. The maximum atomic E-state index is 11.7. The van der Waals surface area contributed by atoms with E-state index in [0.717, 1.165) is 4.47 Å². The summed E-state index contributed by atoms with van der Waals surface area (Å²) < 4.78 is 0.905. The molecule has 0 atom stereocenters. The molecule has 0 fully saturated rings. The van der Waals surface area contributed by atoms with Crippen LogP contribution in [0.4, 0.5) is 21.9 Å². The van der Waals surface area contributed by atoms with E-state index in [-0.39, 0.29) is 5.69 Å². The number of halogens is 1. The number of rotatable bonds is 3. The average molecular weight is 336 g/mol. The fourth-order valence-electron chi connectivity index (χ4n) is 1.52. The second-order valence-electron chi connectivity index (χ2n) is 3.89. The highest BCUT2D eigenvalue weighted by atomic mass is 79.9. The van der Waals surface area contributed by atoms with E-state index in [1.807, 2.05) is 0 Å². The lowest BCUT2D eigenvalue weighted by Gasteiger charge is -2.07. The van der Waals surface area contributed by atoms with Crippen molar-refractivity contribution < 1.29 is 9.72 Å². The number of nitrogens with zero attached hydrogens (tertiary/aromatic N) is 1. The first-order valence-electron chi connectivity index (χ1n) is 5.62. The van der Waals surface area contributed by atoms with Crippen LogP contribution in [0.2, 0.25) is 0 Å². The number of nitro benzene ring substituents is 1. The lowest BCUT2D eigenvalue weighted by molar-refractivity contribution is -0.384. The second kappa shape index (κ2) is 6.16. The van der Waals surface area contributed by atoms with Gasteiger partial charge >= 0.3 is 6.03 Å². The minimum Gasteiger partial charge on any atom is -0.308 e. The molecular weight excluding hydrogens is 326 g/mol. The summed E-state index contributed by atoms with van der Waals surface area (Å²) in [6.45, 7) is 0. The van der Waals surface area contributed by atoms with Crippen LogP contribution >= 0.6 is 15.9 Å². The quantitative estimate of drug-likeness (QED) is 0.656. The minimum absolute atomic E-state index is 0.0774. The zero-order valence-electron chi connectivity index (χ0n) is 10.2. The first kappa shape index (κ1) is 14.0. The van der Waals surface area contributed by atoms with Gasteiger partial charge in [-0.2, -0.15) is 0 Å². The third kappa shape index (κ3) is 3.79. The maximum Gasteiger partial charge on any atom is 0.323 e. The number of nitro groups is 1. The molecule has 102 valence electrons. The molecule has 2 amide bonds. The molecule has 0 aliphatic carbocycles. The van der Waals surface area contributed by atoms with E-state index in [1.165, 1.54) is 18.2 Å². The largest absolute Gasteiger partial charge is 0.323 e. The number of amides is 2.